The van der Waals surface area contributed by atoms with Crippen LogP contribution in [0.2, 0.25) is 0 Å². The van der Waals surface area contributed by atoms with Gasteiger partial charge in [-0.15, -0.1) is 0 Å². The maximum Gasteiger partial charge on any atom is 0.322 e. The van der Waals surface area contributed by atoms with E-state index in [2.05, 4.69) is 11.4 Å². The van der Waals surface area contributed by atoms with Crippen molar-refractivity contribution in [1.29, 1.82) is 5.26 Å². The first-order valence-electron chi connectivity index (χ1n) is 7.05. The normalized spacial score (nSPS) is 20.2. The Morgan fingerprint density at radius 2 is 2.19 bits per heavy atom. The van der Waals surface area contributed by atoms with Crippen molar-refractivity contribution in [1.82, 2.24) is 4.90 Å². The van der Waals surface area contributed by atoms with Crippen LogP contribution in [0, 0.1) is 11.3 Å². The van der Waals surface area contributed by atoms with Crippen molar-refractivity contribution in [2.75, 3.05) is 31.6 Å². The second-order valence-electron chi connectivity index (χ2n) is 5.26. The first-order valence-corrected chi connectivity index (χ1v) is 7.05. The minimum absolute atomic E-state index is 0.191. The Balaban J connectivity index is 1.66. The van der Waals surface area contributed by atoms with Crippen molar-refractivity contribution in [2.45, 2.75) is 18.6 Å². The highest BCUT2D eigenvalue weighted by atomic mass is 16.7. The second-order valence-corrected chi connectivity index (χ2v) is 5.26. The number of piperidine rings is 1. The summed E-state index contributed by atoms with van der Waals surface area (Å²) < 4.78 is 11.3. The van der Waals surface area contributed by atoms with Crippen LogP contribution in [0.5, 0.6) is 0 Å². The standard InChI is InChI=1S/C15H17N3O3/c16-10-12-3-1-4-13(9-12)17-14(19)18-6-2-5-15(11-18)20-7-8-21-15/h1,3-4,9H,2,5-8,11H2,(H,17,19). The molecule has 0 aliphatic carbocycles. The number of anilines is 1. The van der Waals surface area contributed by atoms with E-state index in [-0.39, 0.29) is 6.03 Å². The fourth-order valence-electron chi connectivity index (χ4n) is 2.76. The highest BCUT2D eigenvalue weighted by Gasteiger charge is 2.42. The molecule has 2 fully saturated rings. The number of carbonyl (C=O) groups excluding carboxylic acids is 1. The molecule has 6 heteroatoms. The molecule has 0 aromatic heterocycles. The molecule has 3 rings (SSSR count). The molecule has 0 saturated carbocycles. The summed E-state index contributed by atoms with van der Waals surface area (Å²) in [5, 5.41) is 11.7. The van der Waals surface area contributed by atoms with E-state index in [1.54, 1.807) is 29.2 Å². The Kier molecular flexibility index (Phi) is 3.78. The topological polar surface area (TPSA) is 74.6 Å². The SMILES string of the molecule is N#Cc1cccc(NC(=O)N2CCCC3(C2)OCCO3)c1. The summed E-state index contributed by atoms with van der Waals surface area (Å²) in [7, 11) is 0. The number of hydrogen-bond acceptors (Lipinski definition) is 4. The van der Waals surface area contributed by atoms with Gasteiger partial charge in [-0.2, -0.15) is 5.26 Å². The van der Waals surface area contributed by atoms with Crippen molar-refractivity contribution in [3.63, 3.8) is 0 Å². The van der Waals surface area contributed by atoms with Gasteiger partial charge in [0.25, 0.3) is 0 Å². The number of likely N-dealkylation sites (tertiary alicyclic amines) is 1. The molecule has 1 spiro atoms. The van der Waals surface area contributed by atoms with E-state index in [0.717, 1.165) is 12.8 Å². The van der Waals surface area contributed by atoms with E-state index in [0.29, 0.717) is 37.6 Å². The Morgan fingerprint density at radius 1 is 1.38 bits per heavy atom. The molecule has 0 atom stereocenters. The average Bonchev–Trinajstić information content (AvgIpc) is 2.95. The van der Waals surface area contributed by atoms with Crippen molar-refractivity contribution >= 4 is 11.7 Å². The number of nitriles is 1. The maximum atomic E-state index is 12.3. The molecule has 2 aliphatic heterocycles. The van der Waals surface area contributed by atoms with Crippen LogP contribution in [0.3, 0.4) is 0 Å². The van der Waals surface area contributed by atoms with Gasteiger partial charge < -0.3 is 19.7 Å². The quantitative estimate of drug-likeness (QED) is 0.856. The molecule has 2 heterocycles. The molecule has 0 unspecified atom stereocenters. The molecule has 0 bridgehead atoms. The third-order valence-electron chi connectivity index (χ3n) is 3.76. The maximum absolute atomic E-state index is 12.3. The van der Waals surface area contributed by atoms with Gasteiger partial charge in [-0.25, -0.2) is 4.79 Å². The molecule has 6 nitrogen and oxygen atoms in total. The number of hydrogen-bond donors (Lipinski definition) is 1. The summed E-state index contributed by atoms with van der Waals surface area (Å²) in [4.78, 5) is 14.0. The van der Waals surface area contributed by atoms with Gasteiger partial charge in [0.2, 0.25) is 0 Å². The van der Waals surface area contributed by atoms with Gasteiger partial charge >= 0.3 is 6.03 Å². The van der Waals surface area contributed by atoms with Crippen LogP contribution in [0.4, 0.5) is 10.5 Å². The van der Waals surface area contributed by atoms with Crippen LogP contribution in [0.15, 0.2) is 24.3 Å². The zero-order valence-electron chi connectivity index (χ0n) is 11.7. The zero-order valence-corrected chi connectivity index (χ0v) is 11.7. The van der Waals surface area contributed by atoms with Gasteiger partial charge in [0, 0.05) is 18.7 Å². The van der Waals surface area contributed by atoms with Gasteiger partial charge in [-0.05, 0) is 24.6 Å². The number of carbonyl (C=O) groups is 1. The monoisotopic (exact) mass is 287 g/mol. The number of amides is 2. The van der Waals surface area contributed by atoms with Crippen molar-refractivity contribution < 1.29 is 14.3 Å². The van der Waals surface area contributed by atoms with Crippen LogP contribution in [-0.4, -0.2) is 43.0 Å². The fourth-order valence-corrected chi connectivity index (χ4v) is 2.76. The molecule has 2 amide bonds. The van der Waals surface area contributed by atoms with E-state index in [4.69, 9.17) is 14.7 Å². The number of benzene rings is 1. The summed E-state index contributed by atoms with van der Waals surface area (Å²) in [6, 6.07) is 8.73. The molecule has 1 N–H and O–H groups in total. The fraction of sp³-hybridized carbons (Fsp3) is 0.467. The van der Waals surface area contributed by atoms with Gasteiger partial charge in [-0.3, -0.25) is 0 Å². The molecule has 1 aromatic carbocycles. The summed E-state index contributed by atoms with van der Waals surface area (Å²) in [6.45, 7) is 2.29. The lowest BCUT2D eigenvalue weighted by atomic mass is 10.1. The van der Waals surface area contributed by atoms with E-state index in [1.807, 2.05) is 0 Å². The summed E-state index contributed by atoms with van der Waals surface area (Å²) in [5.41, 5.74) is 1.14. The summed E-state index contributed by atoms with van der Waals surface area (Å²) in [5.74, 6) is -0.621. The van der Waals surface area contributed by atoms with Crippen LogP contribution in [-0.2, 0) is 9.47 Å². The number of nitrogens with zero attached hydrogens (tertiary/aromatic N) is 2. The second kappa shape index (κ2) is 5.72. The first-order chi connectivity index (χ1) is 10.2. The van der Waals surface area contributed by atoms with Crippen LogP contribution < -0.4 is 5.32 Å². The molecule has 110 valence electrons. The first kappa shape index (κ1) is 13.9. The minimum Gasteiger partial charge on any atom is -0.346 e. The molecular weight excluding hydrogens is 270 g/mol. The lowest BCUT2D eigenvalue weighted by Crippen LogP contribution is -2.52. The Hall–Kier alpha value is -2.10. The molecule has 2 saturated heterocycles. The van der Waals surface area contributed by atoms with Crippen molar-refractivity contribution in [2.24, 2.45) is 0 Å². The molecule has 2 aliphatic rings. The number of rotatable bonds is 1. The Bertz CT molecular complexity index is 576. The molecule has 0 radical (unpaired) electrons. The molecular formula is C15H17N3O3. The Morgan fingerprint density at radius 3 is 2.95 bits per heavy atom. The Labute approximate surface area is 123 Å². The smallest absolute Gasteiger partial charge is 0.322 e. The summed E-state index contributed by atoms with van der Waals surface area (Å²) >= 11 is 0. The summed E-state index contributed by atoms with van der Waals surface area (Å²) in [6.07, 6.45) is 1.67. The van der Waals surface area contributed by atoms with E-state index in [9.17, 15) is 4.79 Å². The van der Waals surface area contributed by atoms with Gasteiger partial charge in [0.15, 0.2) is 5.79 Å². The third kappa shape index (κ3) is 2.99. The minimum atomic E-state index is -0.621. The molecule has 21 heavy (non-hydrogen) atoms. The van der Waals surface area contributed by atoms with E-state index >= 15 is 0 Å². The number of urea groups is 1. The third-order valence-corrected chi connectivity index (χ3v) is 3.76. The van der Waals surface area contributed by atoms with Gasteiger partial charge in [-0.1, -0.05) is 6.07 Å². The lowest BCUT2D eigenvalue weighted by molar-refractivity contribution is -0.182. The lowest BCUT2D eigenvalue weighted by Gasteiger charge is -2.38. The zero-order chi connectivity index (χ0) is 14.7. The van der Waals surface area contributed by atoms with Crippen LogP contribution in [0.25, 0.3) is 0 Å². The predicted octanol–water partition coefficient (Wildman–Crippen LogP) is 1.93. The highest BCUT2D eigenvalue weighted by Crippen LogP contribution is 2.30. The molecule has 1 aromatic rings. The predicted molar refractivity (Wildman–Crippen MR) is 75.6 cm³/mol. The van der Waals surface area contributed by atoms with E-state index in [1.165, 1.54) is 0 Å². The van der Waals surface area contributed by atoms with Gasteiger partial charge in [0.05, 0.1) is 31.4 Å². The highest BCUT2D eigenvalue weighted by molar-refractivity contribution is 5.89. The van der Waals surface area contributed by atoms with Crippen molar-refractivity contribution in [3.8, 4) is 6.07 Å². The average molecular weight is 287 g/mol. The van der Waals surface area contributed by atoms with Crippen LogP contribution in [0.1, 0.15) is 18.4 Å². The van der Waals surface area contributed by atoms with Gasteiger partial charge in [0.1, 0.15) is 0 Å². The van der Waals surface area contributed by atoms with Crippen LogP contribution >= 0.6 is 0 Å². The number of nitrogens with one attached hydrogen (secondary N) is 1. The van der Waals surface area contributed by atoms with E-state index < -0.39 is 5.79 Å². The van der Waals surface area contributed by atoms with Crippen molar-refractivity contribution in [3.05, 3.63) is 29.8 Å². The largest absolute Gasteiger partial charge is 0.346 e. The number of ether oxygens (including phenoxy) is 2.